The van der Waals surface area contributed by atoms with E-state index in [2.05, 4.69) is 15.5 Å². The molecule has 1 amide bonds. The first-order valence-corrected chi connectivity index (χ1v) is 7.91. The third-order valence-corrected chi connectivity index (χ3v) is 3.80. The zero-order valence-electron chi connectivity index (χ0n) is 13.5. The second kappa shape index (κ2) is 7.55. The Morgan fingerprint density at radius 1 is 1.08 bits per heavy atom. The fourth-order valence-corrected chi connectivity index (χ4v) is 2.37. The molecule has 0 fully saturated rings. The molecule has 122 valence electrons. The van der Waals surface area contributed by atoms with Gasteiger partial charge in [-0.3, -0.25) is 4.79 Å². The van der Waals surface area contributed by atoms with Crippen LogP contribution < -0.4 is 5.32 Å². The molecule has 3 rings (SSSR count). The third-order valence-electron chi connectivity index (χ3n) is 3.80. The predicted molar refractivity (Wildman–Crippen MR) is 91.1 cm³/mol. The highest BCUT2D eigenvalue weighted by Gasteiger charge is 2.10. The number of aryl methyl sites for hydroxylation is 2. The van der Waals surface area contributed by atoms with Crippen molar-refractivity contribution < 1.29 is 9.32 Å². The van der Waals surface area contributed by atoms with Gasteiger partial charge in [-0.25, -0.2) is 0 Å². The van der Waals surface area contributed by atoms with E-state index in [1.165, 1.54) is 5.56 Å². The van der Waals surface area contributed by atoms with Crippen LogP contribution in [0.4, 0.5) is 0 Å². The molecule has 0 aliphatic carbocycles. The maximum Gasteiger partial charge on any atom is 0.227 e. The third kappa shape index (κ3) is 4.07. The van der Waals surface area contributed by atoms with Crippen LogP contribution in [-0.4, -0.2) is 16.0 Å². The lowest BCUT2D eigenvalue weighted by atomic mass is 10.1. The molecule has 5 heteroatoms. The molecule has 0 saturated heterocycles. The van der Waals surface area contributed by atoms with Crippen LogP contribution in [0.2, 0.25) is 0 Å². The SMILES string of the molecule is Cc1ccccc1CNC(=O)CCc1nc(-c2ccccc2)no1. The Balaban J connectivity index is 1.50. The van der Waals surface area contributed by atoms with E-state index < -0.39 is 0 Å². The minimum absolute atomic E-state index is 0.0299. The lowest BCUT2D eigenvalue weighted by molar-refractivity contribution is -0.121. The van der Waals surface area contributed by atoms with Crippen LogP contribution in [0.1, 0.15) is 23.4 Å². The number of carbonyl (C=O) groups is 1. The highest BCUT2D eigenvalue weighted by atomic mass is 16.5. The maximum atomic E-state index is 12.0. The van der Waals surface area contributed by atoms with Crippen molar-refractivity contribution in [2.45, 2.75) is 26.3 Å². The van der Waals surface area contributed by atoms with E-state index >= 15 is 0 Å². The van der Waals surface area contributed by atoms with Crippen molar-refractivity contribution in [3.8, 4) is 11.4 Å². The predicted octanol–water partition coefficient (Wildman–Crippen LogP) is 3.29. The first-order valence-electron chi connectivity index (χ1n) is 7.91. The number of carbonyl (C=O) groups excluding carboxylic acids is 1. The number of benzene rings is 2. The van der Waals surface area contributed by atoms with Crippen molar-refractivity contribution in [2.75, 3.05) is 0 Å². The maximum absolute atomic E-state index is 12.0. The van der Waals surface area contributed by atoms with E-state index in [0.717, 1.165) is 11.1 Å². The summed E-state index contributed by atoms with van der Waals surface area (Å²) < 4.78 is 5.21. The van der Waals surface area contributed by atoms with Crippen LogP contribution in [-0.2, 0) is 17.8 Å². The fraction of sp³-hybridized carbons (Fsp3) is 0.211. The molecule has 24 heavy (non-hydrogen) atoms. The van der Waals surface area contributed by atoms with E-state index in [-0.39, 0.29) is 5.91 Å². The Labute approximate surface area is 140 Å². The lowest BCUT2D eigenvalue weighted by Crippen LogP contribution is -2.23. The summed E-state index contributed by atoms with van der Waals surface area (Å²) in [6.07, 6.45) is 0.752. The van der Waals surface area contributed by atoms with Gasteiger partial charge >= 0.3 is 0 Å². The van der Waals surface area contributed by atoms with Gasteiger partial charge in [-0.15, -0.1) is 0 Å². The summed E-state index contributed by atoms with van der Waals surface area (Å²) in [5.74, 6) is 0.989. The number of hydrogen-bond acceptors (Lipinski definition) is 4. The largest absolute Gasteiger partial charge is 0.352 e. The van der Waals surface area contributed by atoms with Gasteiger partial charge in [0.2, 0.25) is 17.6 Å². The molecule has 0 bridgehead atoms. The molecule has 2 aromatic carbocycles. The fourth-order valence-electron chi connectivity index (χ4n) is 2.37. The summed E-state index contributed by atoms with van der Waals surface area (Å²) in [6.45, 7) is 2.57. The summed E-state index contributed by atoms with van der Waals surface area (Å²) in [5, 5.41) is 6.87. The molecule has 5 nitrogen and oxygen atoms in total. The molecule has 1 N–H and O–H groups in total. The molecular weight excluding hydrogens is 302 g/mol. The minimum Gasteiger partial charge on any atom is -0.352 e. The van der Waals surface area contributed by atoms with Gasteiger partial charge in [-0.1, -0.05) is 59.8 Å². The van der Waals surface area contributed by atoms with Crippen molar-refractivity contribution >= 4 is 5.91 Å². The summed E-state index contributed by atoms with van der Waals surface area (Å²) in [6, 6.07) is 17.6. The van der Waals surface area contributed by atoms with Crippen LogP contribution >= 0.6 is 0 Å². The average Bonchev–Trinajstić information content (AvgIpc) is 3.09. The molecule has 0 radical (unpaired) electrons. The van der Waals surface area contributed by atoms with E-state index in [4.69, 9.17) is 4.52 Å². The topological polar surface area (TPSA) is 68.0 Å². The molecule has 1 heterocycles. The zero-order chi connectivity index (χ0) is 16.8. The highest BCUT2D eigenvalue weighted by Crippen LogP contribution is 2.15. The molecular formula is C19H19N3O2. The Kier molecular flexibility index (Phi) is 5.01. The van der Waals surface area contributed by atoms with E-state index in [0.29, 0.717) is 31.1 Å². The molecule has 0 aliphatic rings. The molecule has 3 aromatic rings. The van der Waals surface area contributed by atoms with Gasteiger partial charge in [0.05, 0.1) is 0 Å². The van der Waals surface area contributed by atoms with Crippen molar-refractivity contribution in [2.24, 2.45) is 0 Å². The summed E-state index contributed by atoms with van der Waals surface area (Å²) in [7, 11) is 0. The second-order valence-corrected chi connectivity index (χ2v) is 5.58. The van der Waals surface area contributed by atoms with Gasteiger partial charge < -0.3 is 9.84 Å². The Morgan fingerprint density at radius 2 is 1.83 bits per heavy atom. The van der Waals surface area contributed by atoms with Gasteiger partial charge in [-0.2, -0.15) is 4.98 Å². The number of nitrogens with zero attached hydrogens (tertiary/aromatic N) is 2. The molecule has 0 atom stereocenters. The quantitative estimate of drug-likeness (QED) is 0.756. The van der Waals surface area contributed by atoms with Crippen molar-refractivity contribution in [3.05, 3.63) is 71.6 Å². The smallest absolute Gasteiger partial charge is 0.227 e. The van der Waals surface area contributed by atoms with Crippen LogP contribution in [0.25, 0.3) is 11.4 Å². The lowest BCUT2D eigenvalue weighted by Gasteiger charge is -2.07. The standard InChI is InChI=1S/C19H19N3O2/c1-14-7-5-6-10-16(14)13-20-17(23)11-12-18-21-19(22-24-18)15-8-3-2-4-9-15/h2-10H,11-13H2,1H3,(H,20,23). The van der Waals surface area contributed by atoms with E-state index in [1.807, 2.05) is 61.5 Å². The number of aromatic nitrogens is 2. The minimum atomic E-state index is -0.0299. The number of amides is 1. The van der Waals surface area contributed by atoms with E-state index in [9.17, 15) is 4.79 Å². The molecule has 1 aromatic heterocycles. The molecule has 0 saturated carbocycles. The Morgan fingerprint density at radius 3 is 2.62 bits per heavy atom. The van der Waals surface area contributed by atoms with Gasteiger partial charge in [-0.05, 0) is 18.1 Å². The second-order valence-electron chi connectivity index (χ2n) is 5.58. The van der Waals surface area contributed by atoms with Crippen molar-refractivity contribution in [1.82, 2.24) is 15.5 Å². The summed E-state index contributed by atoms with van der Waals surface area (Å²) in [5.41, 5.74) is 3.19. The van der Waals surface area contributed by atoms with Gasteiger partial charge in [0.25, 0.3) is 0 Å². The van der Waals surface area contributed by atoms with Crippen LogP contribution in [0.3, 0.4) is 0 Å². The first kappa shape index (κ1) is 15.9. The molecule has 0 aliphatic heterocycles. The van der Waals surface area contributed by atoms with Gasteiger partial charge in [0.15, 0.2) is 0 Å². The normalized spacial score (nSPS) is 10.5. The first-order chi connectivity index (χ1) is 11.7. The summed E-state index contributed by atoms with van der Waals surface area (Å²) >= 11 is 0. The molecule has 0 unspecified atom stereocenters. The van der Waals surface area contributed by atoms with Crippen LogP contribution in [0.5, 0.6) is 0 Å². The highest BCUT2D eigenvalue weighted by molar-refractivity contribution is 5.76. The molecule has 0 spiro atoms. The number of nitrogens with one attached hydrogen (secondary N) is 1. The van der Waals surface area contributed by atoms with Crippen molar-refractivity contribution in [1.29, 1.82) is 0 Å². The van der Waals surface area contributed by atoms with Gasteiger partial charge in [0.1, 0.15) is 0 Å². The van der Waals surface area contributed by atoms with Crippen LogP contribution in [0, 0.1) is 6.92 Å². The Hall–Kier alpha value is -2.95. The zero-order valence-corrected chi connectivity index (χ0v) is 13.5. The monoisotopic (exact) mass is 321 g/mol. The number of rotatable bonds is 6. The van der Waals surface area contributed by atoms with Gasteiger partial charge in [0, 0.05) is 24.9 Å². The van der Waals surface area contributed by atoms with Crippen LogP contribution in [0.15, 0.2) is 59.1 Å². The average molecular weight is 321 g/mol. The van der Waals surface area contributed by atoms with E-state index in [1.54, 1.807) is 0 Å². The summed E-state index contributed by atoms with van der Waals surface area (Å²) in [4.78, 5) is 16.3. The number of hydrogen-bond donors (Lipinski definition) is 1. The Bertz CT molecular complexity index is 812. The van der Waals surface area contributed by atoms with Crippen molar-refractivity contribution in [3.63, 3.8) is 0 Å².